The van der Waals surface area contributed by atoms with Gasteiger partial charge in [0.2, 0.25) is 5.91 Å². The van der Waals surface area contributed by atoms with Gasteiger partial charge in [0.15, 0.2) is 0 Å². The Morgan fingerprint density at radius 3 is 3.00 bits per heavy atom. The lowest BCUT2D eigenvalue weighted by atomic mass is 10.2. The minimum Gasteiger partial charge on any atom is -0.491 e. The molecule has 1 aromatic rings. The zero-order valence-electron chi connectivity index (χ0n) is 11.1. The van der Waals surface area contributed by atoms with Crippen LogP contribution in [0.1, 0.15) is 12.8 Å². The zero-order valence-corrected chi connectivity index (χ0v) is 11.8. The Hall–Kier alpha value is -1.26. The van der Waals surface area contributed by atoms with Crippen molar-refractivity contribution >= 4 is 17.5 Å². The van der Waals surface area contributed by atoms with Gasteiger partial charge in [0, 0.05) is 19.6 Å². The Balaban J connectivity index is 1.76. The van der Waals surface area contributed by atoms with E-state index in [4.69, 9.17) is 16.3 Å². The number of carbonyl (C=O) groups is 1. The minimum atomic E-state index is 0.112. The fourth-order valence-electron chi connectivity index (χ4n) is 2.16. The summed E-state index contributed by atoms with van der Waals surface area (Å²) in [6, 6.07) is 7.60. The van der Waals surface area contributed by atoms with Gasteiger partial charge in [-0.1, -0.05) is 23.7 Å². The standard InChI is InChI=1S/C14H19ClN2O2/c1-17(11-6-8-16-10-11)14(18)7-9-19-13-5-3-2-4-12(13)15/h2-5,11,16H,6-10H2,1H3/t11-/m1/s1. The summed E-state index contributed by atoms with van der Waals surface area (Å²) < 4.78 is 5.53. The van der Waals surface area contributed by atoms with Gasteiger partial charge in [0.1, 0.15) is 5.75 Å². The highest BCUT2D eigenvalue weighted by atomic mass is 35.5. The van der Waals surface area contributed by atoms with E-state index < -0.39 is 0 Å². The van der Waals surface area contributed by atoms with E-state index in [-0.39, 0.29) is 5.91 Å². The molecule has 1 aliphatic heterocycles. The third-order valence-corrected chi connectivity index (χ3v) is 3.70. The van der Waals surface area contributed by atoms with Gasteiger partial charge in [-0.25, -0.2) is 0 Å². The number of nitrogens with zero attached hydrogens (tertiary/aromatic N) is 1. The maximum Gasteiger partial charge on any atom is 0.226 e. The van der Waals surface area contributed by atoms with Crippen LogP contribution < -0.4 is 10.1 Å². The van der Waals surface area contributed by atoms with Gasteiger partial charge in [-0.15, -0.1) is 0 Å². The lowest BCUT2D eigenvalue weighted by Gasteiger charge is -2.23. The van der Waals surface area contributed by atoms with Gasteiger partial charge in [-0.2, -0.15) is 0 Å². The first-order chi connectivity index (χ1) is 9.18. The maximum atomic E-state index is 12.0. The fraction of sp³-hybridized carbons (Fsp3) is 0.500. The monoisotopic (exact) mass is 282 g/mol. The van der Waals surface area contributed by atoms with Crippen molar-refractivity contribution in [3.05, 3.63) is 29.3 Å². The van der Waals surface area contributed by atoms with Crippen molar-refractivity contribution < 1.29 is 9.53 Å². The number of para-hydroxylation sites is 1. The number of ether oxygens (including phenoxy) is 1. The van der Waals surface area contributed by atoms with Crippen LogP contribution in [0.25, 0.3) is 0 Å². The molecule has 0 aromatic heterocycles. The van der Waals surface area contributed by atoms with E-state index in [0.717, 1.165) is 19.5 Å². The van der Waals surface area contributed by atoms with Gasteiger partial charge in [0.25, 0.3) is 0 Å². The van der Waals surface area contributed by atoms with Gasteiger partial charge >= 0.3 is 0 Å². The summed E-state index contributed by atoms with van der Waals surface area (Å²) in [7, 11) is 1.86. The molecule has 1 saturated heterocycles. The fourth-order valence-corrected chi connectivity index (χ4v) is 2.35. The Morgan fingerprint density at radius 2 is 2.32 bits per heavy atom. The van der Waals surface area contributed by atoms with Crippen LogP contribution in [0.3, 0.4) is 0 Å². The molecule has 0 radical (unpaired) electrons. The molecular weight excluding hydrogens is 264 g/mol. The van der Waals surface area contributed by atoms with Crippen LogP contribution in [0, 0.1) is 0 Å². The van der Waals surface area contributed by atoms with Crippen LogP contribution in [0.15, 0.2) is 24.3 Å². The van der Waals surface area contributed by atoms with E-state index in [9.17, 15) is 4.79 Å². The predicted molar refractivity (Wildman–Crippen MR) is 75.6 cm³/mol. The first kappa shape index (κ1) is 14.2. The number of carbonyl (C=O) groups excluding carboxylic acids is 1. The van der Waals surface area contributed by atoms with Crippen LogP contribution in [0.5, 0.6) is 5.75 Å². The number of rotatable bonds is 5. The zero-order chi connectivity index (χ0) is 13.7. The predicted octanol–water partition coefficient (Wildman–Crippen LogP) is 1.93. The molecule has 0 aliphatic carbocycles. The average molecular weight is 283 g/mol. The summed E-state index contributed by atoms with van der Waals surface area (Å²) >= 11 is 5.98. The SMILES string of the molecule is CN(C(=O)CCOc1ccccc1Cl)[C@@H]1CCNC1. The maximum absolute atomic E-state index is 12.0. The summed E-state index contributed by atoms with van der Waals surface area (Å²) in [4.78, 5) is 13.8. The molecule has 1 aliphatic rings. The molecule has 0 bridgehead atoms. The number of halogens is 1. The van der Waals surface area contributed by atoms with Crippen LogP contribution in [0.2, 0.25) is 5.02 Å². The second kappa shape index (κ2) is 6.78. The molecular formula is C14H19ClN2O2. The van der Waals surface area contributed by atoms with Crippen LogP contribution in [0.4, 0.5) is 0 Å². The van der Waals surface area contributed by atoms with Crippen molar-refractivity contribution in [3.8, 4) is 5.75 Å². The Bertz CT molecular complexity index is 433. The first-order valence-corrected chi connectivity index (χ1v) is 6.90. The largest absolute Gasteiger partial charge is 0.491 e. The molecule has 2 rings (SSSR count). The van der Waals surface area contributed by atoms with Gasteiger partial charge in [-0.05, 0) is 25.1 Å². The van der Waals surface area contributed by atoms with Crippen molar-refractivity contribution in [1.29, 1.82) is 0 Å². The van der Waals surface area contributed by atoms with Gasteiger partial charge in [0.05, 0.1) is 18.1 Å². The smallest absolute Gasteiger partial charge is 0.226 e. The van der Waals surface area contributed by atoms with Gasteiger partial charge in [-0.3, -0.25) is 4.79 Å². The second-order valence-electron chi connectivity index (χ2n) is 4.68. The highest BCUT2D eigenvalue weighted by Crippen LogP contribution is 2.23. The van der Waals surface area contributed by atoms with Gasteiger partial charge < -0.3 is 15.0 Å². The number of hydrogen-bond donors (Lipinski definition) is 1. The molecule has 1 atom stereocenters. The Morgan fingerprint density at radius 1 is 1.53 bits per heavy atom. The van der Waals surface area contributed by atoms with Crippen molar-refractivity contribution in [3.63, 3.8) is 0 Å². The van der Waals surface area contributed by atoms with E-state index in [1.807, 2.05) is 24.1 Å². The van der Waals surface area contributed by atoms with Crippen LogP contribution >= 0.6 is 11.6 Å². The van der Waals surface area contributed by atoms with E-state index in [2.05, 4.69) is 5.32 Å². The molecule has 1 aromatic carbocycles. The molecule has 1 fully saturated rings. The van der Waals surface area contributed by atoms with E-state index in [0.29, 0.717) is 29.8 Å². The molecule has 5 heteroatoms. The van der Waals surface area contributed by atoms with E-state index in [1.165, 1.54) is 0 Å². The van der Waals surface area contributed by atoms with E-state index >= 15 is 0 Å². The minimum absolute atomic E-state index is 0.112. The van der Waals surface area contributed by atoms with Crippen molar-refractivity contribution in [2.75, 3.05) is 26.7 Å². The summed E-state index contributed by atoms with van der Waals surface area (Å²) in [6.45, 7) is 2.22. The number of hydrogen-bond acceptors (Lipinski definition) is 3. The lowest BCUT2D eigenvalue weighted by molar-refractivity contribution is -0.132. The third-order valence-electron chi connectivity index (χ3n) is 3.39. The van der Waals surface area contributed by atoms with Crippen molar-refractivity contribution in [1.82, 2.24) is 10.2 Å². The van der Waals surface area contributed by atoms with Crippen molar-refractivity contribution in [2.45, 2.75) is 18.9 Å². The molecule has 19 heavy (non-hydrogen) atoms. The van der Waals surface area contributed by atoms with Crippen molar-refractivity contribution in [2.24, 2.45) is 0 Å². The molecule has 0 unspecified atom stereocenters. The quantitative estimate of drug-likeness (QED) is 0.897. The third kappa shape index (κ3) is 3.85. The van der Waals surface area contributed by atoms with Crippen LogP contribution in [-0.2, 0) is 4.79 Å². The highest BCUT2D eigenvalue weighted by molar-refractivity contribution is 6.32. The molecule has 0 saturated carbocycles. The number of nitrogens with one attached hydrogen (secondary N) is 1. The molecule has 0 spiro atoms. The first-order valence-electron chi connectivity index (χ1n) is 6.52. The normalized spacial score (nSPS) is 18.3. The average Bonchev–Trinajstić information content (AvgIpc) is 2.94. The Labute approximate surface area is 118 Å². The number of amides is 1. The molecule has 1 amide bonds. The molecule has 1 heterocycles. The topological polar surface area (TPSA) is 41.6 Å². The number of benzene rings is 1. The van der Waals surface area contributed by atoms with E-state index in [1.54, 1.807) is 12.1 Å². The second-order valence-corrected chi connectivity index (χ2v) is 5.09. The highest BCUT2D eigenvalue weighted by Gasteiger charge is 2.22. The number of likely N-dealkylation sites (N-methyl/N-ethyl adjacent to an activating group) is 1. The molecule has 4 nitrogen and oxygen atoms in total. The lowest BCUT2D eigenvalue weighted by Crippen LogP contribution is -2.38. The molecule has 1 N–H and O–H groups in total. The summed E-state index contributed by atoms with van der Waals surface area (Å²) in [6.07, 6.45) is 1.39. The van der Waals surface area contributed by atoms with Crippen LogP contribution in [-0.4, -0.2) is 43.6 Å². The Kier molecular flexibility index (Phi) is 5.05. The summed E-state index contributed by atoms with van der Waals surface area (Å²) in [5, 5.41) is 3.83. The molecule has 104 valence electrons. The summed E-state index contributed by atoms with van der Waals surface area (Å²) in [5.41, 5.74) is 0. The summed E-state index contributed by atoms with van der Waals surface area (Å²) in [5.74, 6) is 0.739.